The number of rotatable bonds is 6. The van der Waals surface area contributed by atoms with Gasteiger partial charge >= 0.3 is 0 Å². The molecule has 0 bridgehead atoms. The van der Waals surface area contributed by atoms with Crippen molar-refractivity contribution in [2.45, 2.75) is 45.8 Å². The van der Waals surface area contributed by atoms with Gasteiger partial charge in [0, 0.05) is 10.5 Å². The van der Waals surface area contributed by atoms with Crippen LogP contribution in [-0.2, 0) is 16.3 Å². The second-order valence-electron chi connectivity index (χ2n) is 10.2. The van der Waals surface area contributed by atoms with Gasteiger partial charge in [0.05, 0.1) is 10.9 Å². The average molecular weight is 532 g/mol. The topological polar surface area (TPSA) is 17.1 Å². The van der Waals surface area contributed by atoms with E-state index in [1.807, 2.05) is 24.3 Å². The summed E-state index contributed by atoms with van der Waals surface area (Å²) in [5, 5.41) is 0.0661. The average Bonchev–Trinajstić information content (AvgIpc) is 2.95. The molecule has 5 rings (SSSR count). The second kappa shape index (κ2) is 11.5. The van der Waals surface area contributed by atoms with Crippen molar-refractivity contribution in [3.8, 4) is 11.1 Å². The van der Waals surface area contributed by atoms with Crippen molar-refractivity contribution in [3.63, 3.8) is 0 Å². The molecule has 38 heavy (non-hydrogen) atoms. The molecule has 5 aromatic carbocycles. The molecule has 1 nitrogen and oxygen atoms in total. The van der Waals surface area contributed by atoms with E-state index in [4.69, 9.17) is 0 Å². The Kier molecular flexibility index (Phi) is 7.87. The third kappa shape index (κ3) is 6.12. The fourth-order valence-electron chi connectivity index (χ4n) is 4.29. The summed E-state index contributed by atoms with van der Waals surface area (Å²) in [6.07, 6.45) is 0. The van der Waals surface area contributed by atoms with Crippen LogP contribution in [0.4, 0.5) is 0 Å². The lowest BCUT2D eigenvalue weighted by Crippen LogP contribution is -2.10. The molecule has 0 saturated heterocycles. The van der Waals surface area contributed by atoms with Crippen LogP contribution in [0.15, 0.2) is 153 Å². The van der Waals surface area contributed by atoms with Gasteiger partial charge < -0.3 is 0 Å². The van der Waals surface area contributed by atoms with Crippen molar-refractivity contribution in [1.82, 2.24) is 0 Å². The maximum absolute atomic E-state index is 12.8. The lowest BCUT2D eigenvalue weighted by Gasteiger charge is -2.18. The molecule has 0 atom stereocenters. The highest BCUT2D eigenvalue weighted by Crippen LogP contribution is 2.33. The van der Waals surface area contributed by atoms with Gasteiger partial charge in [-0.2, -0.15) is 0 Å². The Morgan fingerprint density at radius 1 is 0.553 bits per heavy atom. The Balaban J connectivity index is 1.31. The Morgan fingerprint density at radius 2 is 1.00 bits per heavy atom. The number of hydrogen-bond acceptors (Lipinski definition) is 2. The summed E-state index contributed by atoms with van der Waals surface area (Å²) < 4.78 is 0. The predicted octanol–water partition coefficient (Wildman–Crippen LogP) is 9.68. The van der Waals surface area contributed by atoms with Crippen LogP contribution in [0, 0.1) is 0 Å². The second-order valence-corrected chi connectivity index (χ2v) is 13.3. The van der Waals surface area contributed by atoms with E-state index in [1.54, 1.807) is 0 Å². The Morgan fingerprint density at radius 3 is 1.47 bits per heavy atom. The van der Waals surface area contributed by atoms with Crippen LogP contribution < -0.4 is 0 Å². The van der Waals surface area contributed by atoms with Gasteiger partial charge in [-0.1, -0.05) is 93.6 Å². The van der Waals surface area contributed by atoms with Crippen LogP contribution in [0.5, 0.6) is 0 Å². The molecule has 3 heteroatoms. The van der Waals surface area contributed by atoms with E-state index in [2.05, 4.69) is 130 Å². The van der Waals surface area contributed by atoms with Crippen molar-refractivity contribution in [1.29, 1.82) is 0 Å². The smallest absolute Gasteiger partial charge is 0.224 e. The standard InChI is InChI=1S/C35H31OS2/c1-35(2,3)29-20-14-28(15-21-29)34(36)37-30-22-16-26(17-23-30)27-18-24-33(25-19-27)38(31-10-6-4-7-11-31)32-12-8-5-9-13-32/h4-25H,1-3H3/q+1. The van der Waals surface area contributed by atoms with Crippen LogP contribution in [-0.4, -0.2) is 5.12 Å². The molecule has 0 amide bonds. The number of thioether (sulfide) groups is 1. The SMILES string of the molecule is CC(C)(C)c1ccc(C(=O)Sc2ccc(-c3ccc([S+](c4ccccc4)c4ccccc4)cc3)cc2)cc1. The van der Waals surface area contributed by atoms with Crippen LogP contribution in [0.3, 0.4) is 0 Å². The first-order chi connectivity index (χ1) is 18.4. The fourth-order valence-corrected chi connectivity index (χ4v) is 7.12. The molecule has 0 heterocycles. The molecule has 0 radical (unpaired) electrons. The van der Waals surface area contributed by atoms with Crippen molar-refractivity contribution < 1.29 is 4.79 Å². The summed E-state index contributed by atoms with van der Waals surface area (Å²) in [6, 6.07) is 46.5. The van der Waals surface area contributed by atoms with Crippen molar-refractivity contribution in [2.75, 3.05) is 0 Å². The maximum atomic E-state index is 12.8. The molecule has 0 aliphatic rings. The summed E-state index contributed by atoms with van der Waals surface area (Å²) in [6.45, 7) is 6.54. The Hall–Kier alpha value is -3.53. The van der Waals surface area contributed by atoms with E-state index in [1.165, 1.54) is 37.6 Å². The Bertz CT molecular complexity index is 1440. The van der Waals surface area contributed by atoms with Crippen LogP contribution in [0.1, 0.15) is 36.7 Å². The zero-order valence-electron chi connectivity index (χ0n) is 21.9. The molecule has 188 valence electrons. The molecular formula is C35H31OS2+. The van der Waals surface area contributed by atoms with Crippen LogP contribution in [0.2, 0.25) is 0 Å². The van der Waals surface area contributed by atoms with Gasteiger partial charge in [0.2, 0.25) is 5.12 Å². The number of carbonyl (C=O) groups excluding carboxylic acids is 1. The van der Waals surface area contributed by atoms with Crippen LogP contribution in [0.25, 0.3) is 11.1 Å². The Labute approximate surface area is 233 Å². The molecule has 0 N–H and O–H groups in total. The van der Waals surface area contributed by atoms with Gasteiger partial charge in [0.25, 0.3) is 0 Å². The normalized spacial score (nSPS) is 11.5. The monoisotopic (exact) mass is 531 g/mol. The summed E-state index contributed by atoms with van der Waals surface area (Å²) in [5.41, 5.74) is 4.35. The van der Waals surface area contributed by atoms with Gasteiger partial charge in [-0.3, -0.25) is 4.79 Å². The quantitative estimate of drug-likeness (QED) is 0.160. The summed E-state index contributed by atoms with van der Waals surface area (Å²) >= 11 is 1.28. The first-order valence-corrected chi connectivity index (χ1v) is 14.8. The lowest BCUT2D eigenvalue weighted by atomic mass is 9.87. The number of benzene rings is 5. The zero-order chi connectivity index (χ0) is 26.5. The molecule has 0 saturated carbocycles. The maximum Gasteiger partial charge on any atom is 0.224 e. The molecule has 0 spiro atoms. The fraction of sp³-hybridized carbons (Fsp3) is 0.114. The zero-order valence-corrected chi connectivity index (χ0v) is 23.6. The van der Waals surface area contributed by atoms with E-state index < -0.39 is 0 Å². The van der Waals surface area contributed by atoms with E-state index in [9.17, 15) is 4.79 Å². The van der Waals surface area contributed by atoms with E-state index in [-0.39, 0.29) is 21.4 Å². The highest BCUT2D eigenvalue weighted by molar-refractivity contribution is 8.14. The highest BCUT2D eigenvalue weighted by Gasteiger charge is 2.28. The van der Waals surface area contributed by atoms with Gasteiger partial charge in [-0.05, 0) is 94.5 Å². The van der Waals surface area contributed by atoms with Gasteiger partial charge in [-0.15, -0.1) is 0 Å². The molecular weight excluding hydrogens is 501 g/mol. The molecule has 0 fully saturated rings. The first-order valence-electron chi connectivity index (χ1n) is 12.8. The van der Waals surface area contributed by atoms with Crippen molar-refractivity contribution >= 4 is 27.8 Å². The minimum atomic E-state index is -0.155. The summed E-state index contributed by atoms with van der Waals surface area (Å²) in [4.78, 5) is 17.7. The summed E-state index contributed by atoms with van der Waals surface area (Å²) in [5.74, 6) is 0. The molecule has 0 aliphatic carbocycles. The molecule has 0 aromatic heterocycles. The van der Waals surface area contributed by atoms with E-state index in [0.717, 1.165) is 16.0 Å². The van der Waals surface area contributed by atoms with Gasteiger partial charge in [-0.25, -0.2) is 0 Å². The summed E-state index contributed by atoms with van der Waals surface area (Å²) in [7, 11) is -0.155. The molecule has 5 aromatic rings. The van der Waals surface area contributed by atoms with Gasteiger partial charge in [0.15, 0.2) is 14.7 Å². The van der Waals surface area contributed by atoms with E-state index >= 15 is 0 Å². The van der Waals surface area contributed by atoms with Crippen LogP contribution >= 0.6 is 11.8 Å². The minimum Gasteiger partial charge on any atom is -0.281 e. The number of carbonyl (C=O) groups is 1. The largest absolute Gasteiger partial charge is 0.281 e. The first kappa shape index (κ1) is 26.1. The van der Waals surface area contributed by atoms with Crippen molar-refractivity contribution in [2.24, 2.45) is 0 Å². The number of hydrogen-bond donors (Lipinski definition) is 0. The minimum absolute atomic E-state index is 0.0661. The highest BCUT2D eigenvalue weighted by atomic mass is 32.2. The van der Waals surface area contributed by atoms with E-state index in [0.29, 0.717) is 0 Å². The third-order valence-electron chi connectivity index (χ3n) is 6.43. The lowest BCUT2D eigenvalue weighted by molar-refractivity contribution is 0.108. The van der Waals surface area contributed by atoms with Gasteiger partial charge in [0.1, 0.15) is 0 Å². The molecule has 0 aliphatic heterocycles. The third-order valence-corrected chi connectivity index (χ3v) is 9.59. The predicted molar refractivity (Wildman–Crippen MR) is 162 cm³/mol. The molecule has 0 unspecified atom stereocenters. The van der Waals surface area contributed by atoms with Crippen molar-refractivity contribution in [3.05, 3.63) is 145 Å².